The van der Waals surface area contributed by atoms with Crippen LogP contribution in [0.5, 0.6) is 5.75 Å². The van der Waals surface area contributed by atoms with E-state index in [1.165, 1.54) is 12.8 Å². The van der Waals surface area contributed by atoms with E-state index in [-0.39, 0.29) is 6.10 Å². The molecule has 3 nitrogen and oxygen atoms in total. The fourth-order valence-electron chi connectivity index (χ4n) is 1.97. The third-order valence-electron chi connectivity index (χ3n) is 2.73. The van der Waals surface area contributed by atoms with Gasteiger partial charge in [-0.3, -0.25) is 4.98 Å². The maximum absolute atomic E-state index is 5.61. The van der Waals surface area contributed by atoms with Crippen LogP contribution in [0, 0.1) is 0 Å². The Hall–Kier alpha value is -1.35. The second-order valence-electron chi connectivity index (χ2n) is 4.68. The minimum atomic E-state index is 0.188. The van der Waals surface area contributed by atoms with Crippen LogP contribution in [0.15, 0.2) is 24.5 Å². The lowest BCUT2D eigenvalue weighted by molar-refractivity contribution is 0.241. The minimum absolute atomic E-state index is 0.188. The van der Waals surface area contributed by atoms with Crippen LogP contribution in [-0.4, -0.2) is 23.7 Å². The molecule has 0 spiro atoms. The molecule has 3 heteroatoms. The summed E-state index contributed by atoms with van der Waals surface area (Å²) in [5, 5.41) is 3.44. The summed E-state index contributed by atoms with van der Waals surface area (Å²) in [6, 6.07) is 2.54. The van der Waals surface area contributed by atoms with Crippen molar-refractivity contribution in [2.24, 2.45) is 0 Å². The Kier molecular flexibility index (Phi) is 4.15. The third-order valence-corrected chi connectivity index (χ3v) is 2.73. The quantitative estimate of drug-likeness (QED) is 0.866. The molecule has 0 saturated carbocycles. The average Bonchev–Trinajstić information content (AvgIpc) is 2.79. The smallest absolute Gasteiger partial charge is 0.138 e. The number of nitrogens with one attached hydrogen (secondary N) is 1. The number of pyridine rings is 1. The molecule has 0 radical (unpaired) electrons. The largest absolute Gasteiger partial charge is 0.489 e. The Morgan fingerprint density at radius 2 is 2.35 bits per heavy atom. The van der Waals surface area contributed by atoms with Crippen LogP contribution in [-0.2, 0) is 0 Å². The highest BCUT2D eigenvalue weighted by molar-refractivity contribution is 5.50. The van der Waals surface area contributed by atoms with Gasteiger partial charge in [0.2, 0.25) is 0 Å². The van der Waals surface area contributed by atoms with E-state index in [9.17, 15) is 0 Å². The van der Waals surface area contributed by atoms with E-state index in [1.807, 2.05) is 26.1 Å². The molecule has 1 fully saturated rings. The lowest BCUT2D eigenvalue weighted by atomic mass is 10.2. The zero-order valence-electron chi connectivity index (χ0n) is 10.5. The number of ether oxygens (including phenoxy) is 1. The van der Waals surface area contributed by atoms with Crippen molar-refractivity contribution in [1.82, 2.24) is 10.3 Å². The molecular formula is C14H20N2O. The van der Waals surface area contributed by atoms with Gasteiger partial charge in [-0.15, -0.1) is 0 Å². The van der Waals surface area contributed by atoms with Crippen LogP contribution in [0.1, 0.15) is 32.3 Å². The van der Waals surface area contributed by atoms with Crippen LogP contribution in [0.25, 0.3) is 6.08 Å². The number of hydrogen-bond donors (Lipinski definition) is 1. The van der Waals surface area contributed by atoms with Crippen molar-refractivity contribution in [2.75, 3.05) is 6.54 Å². The molecule has 0 aliphatic carbocycles. The van der Waals surface area contributed by atoms with E-state index in [4.69, 9.17) is 4.74 Å². The Bertz CT molecular complexity index is 382. The fraction of sp³-hybridized carbons (Fsp3) is 0.500. The normalized spacial score (nSPS) is 20.3. The highest BCUT2D eigenvalue weighted by atomic mass is 16.5. The molecule has 1 aliphatic heterocycles. The number of rotatable bonds is 4. The Morgan fingerprint density at radius 1 is 1.47 bits per heavy atom. The van der Waals surface area contributed by atoms with Crippen molar-refractivity contribution in [3.05, 3.63) is 30.1 Å². The van der Waals surface area contributed by atoms with E-state index in [0.717, 1.165) is 17.9 Å². The molecule has 0 unspecified atom stereocenters. The zero-order chi connectivity index (χ0) is 12.1. The lowest BCUT2D eigenvalue weighted by Crippen LogP contribution is -2.17. The SMILES string of the molecule is CC(C)Oc1cncc(C=C[C@H]2CCCN2)c1. The van der Waals surface area contributed by atoms with Crippen LogP contribution in [0.2, 0.25) is 0 Å². The van der Waals surface area contributed by atoms with Gasteiger partial charge in [0.15, 0.2) is 0 Å². The standard InChI is InChI=1S/C14H20N2O/c1-11(2)17-14-8-12(9-15-10-14)5-6-13-4-3-7-16-13/h5-6,8-11,13,16H,3-4,7H2,1-2H3/t13-/m1/s1. The first-order chi connectivity index (χ1) is 8.24. The van der Waals surface area contributed by atoms with Gasteiger partial charge in [-0.1, -0.05) is 12.2 Å². The number of hydrogen-bond acceptors (Lipinski definition) is 3. The highest BCUT2D eigenvalue weighted by Crippen LogP contribution is 2.15. The summed E-state index contributed by atoms with van der Waals surface area (Å²) in [6.07, 6.45) is 10.6. The summed E-state index contributed by atoms with van der Waals surface area (Å²) in [7, 11) is 0. The van der Waals surface area contributed by atoms with Crippen molar-refractivity contribution < 1.29 is 4.74 Å². The van der Waals surface area contributed by atoms with E-state index in [2.05, 4.69) is 22.5 Å². The Balaban J connectivity index is 2.00. The van der Waals surface area contributed by atoms with Crippen molar-refractivity contribution in [1.29, 1.82) is 0 Å². The maximum Gasteiger partial charge on any atom is 0.138 e. The molecule has 0 bridgehead atoms. The van der Waals surface area contributed by atoms with Gasteiger partial charge in [-0.25, -0.2) is 0 Å². The summed E-state index contributed by atoms with van der Waals surface area (Å²) in [5.41, 5.74) is 1.09. The van der Waals surface area contributed by atoms with Gasteiger partial charge >= 0.3 is 0 Å². The van der Waals surface area contributed by atoms with Gasteiger partial charge < -0.3 is 10.1 Å². The first-order valence-corrected chi connectivity index (χ1v) is 6.27. The van der Waals surface area contributed by atoms with Gasteiger partial charge in [-0.2, -0.15) is 0 Å². The number of nitrogens with zero attached hydrogens (tertiary/aromatic N) is 1. The molecule has 1 aromatic rings. The van der Waals surface area contributed by atoms with Crippen LogP contribution >= 0.6 is 0 Å². The molecule has 2 heterocycles. The Morgan fingerprint density at radius 3 is 3.06 bits per heavy atom. The van der Waals surface area contributed by atoms with E-state index >= 15 is 0 Å². The van der Waals surface area contributed by atoms with E-state index in [0.29, 0.717) is 6.04 Å². The molecule has 1 aliphatic rings. The molecule has 0 amide bonds. The maximum atomic E-state index is 5.61. The highest BCUT2D eigenvalue weighted by Gasteiger charge is 2.09. The minimum Gasteiger partial charge on any atom is -0.489 e. The molecule has 1 atom stereocenters. The predicted octanol–water partition coefficient (Wildman–Crippen LogP) is 2.63. The van der Waals surface area contributed by atoms with Gasteiger partial charge in [0.25, 0.3) is 0 Å². The molecule has 1 N–H and O–H groups in total. The third kappa shape index (κ3) is 3.86. The molecular weight excluding hydrogens is 212 g/mol. The molecule has 1 aromatic heterocycles. The molecule has 0 aromatic carbocycles. The molecule has 1 saturated heterocycles. The van der Waals surface area contributed by atoms with Crippen LogP contribution in [0.3, 0.4) is 0 Å². The van der Waals surface area contributed by atoms with E-state index < -0.39 is 0 Å². The fourth-order valence-corrected chi connectivity index (χ4v) is 1.97. The molecule has 2 rings (SSSR count). The second-order valence-corrected chi connectivity index (χ2v) is 4.68. The summed E-state index contributed by atoms with van der Waals surface area (Å²) in [6.45, 7) is 5.17. The van der Waals surface area contributed by atoms with Gasteiger partial charge in [0.1, 0.15) is 5.75 Å². The first kappa shape index (κ1) is 12.1. The van der Waals surface area contributed by atoms with Crippen molar-refractivity contribution in [3.8, 4) is 5.75 Å². The molecule has 17 heavy (non-hydrogen) atoms. The lowest BCUT2D eigenvalue weighted by Gasteiger charge is -2.09. The second kappa shape index (κ2) is 5.82. The number of aromatic nitrogens is 1. The van der Waals surface area contributed by atoms with Crippen molar-refractivity contribution in [3.63, 3.8) is 0 Å². The topological polar surface area (TPSA) is 34.1 Å². The summed E-state index contributed by atoms with van der Waals surface area (Å²) < 4.78 is 5.61. The van der Waals surface area contributed by atoms with Gasteiger partial charge in [0.05, 0.1) is 12.3 Å². The van der Waals surface area contributed by atoms with Crippen molar-refractivity contribution >= 4 is 6.08 Å². The van der Waals surface area contributed by atoms with Gasteiger partial charge in [0, 0.05) is 12.2 Å². The summed E-state index contributed by atoms with van der Waals surface area (Å²) in [5.74, 6) is 0.835. The molecule has 92 valence electrons. The van der Waals surface area contributed by atoms with Crippen LogP contribution < -0.4 is 10.1 Å². The summed E-state index contributed by atoms with van der Waals surface area (Å²) >= 11 is 0. The monoisotopic (exact) mass is 232 g/mol. The summed E-state index contributed by atoms with van der Waals surface area (Å²) in [4.78, 5) is 4.19. The van der Waals surface area contributed by atoms with Gasteiger partial charge in [-0.05, 0) is 44.9 Å². The van der Waals surface area contributed by atoms with Crippen LogP contribution in [0.4, 0.5) is 0 Å². The predicted molar refractivity (Wildman–Crippen MR) is 70.1 cm³/mol. The van der Waals surface area contributed by atoms with E-state index in [1.54, 1.807) is 6.20 Å². The zero-order valence-corrected chi connectivity index (χ0v) is 10.5. The average molecular weight is 232 g/mol. The Labute approximate surface area is 103 Å². The first-order valence-electron chi connectivity index (χ1n) is 6.27. The van der Waals surface area contributed by atoms with Crippen molar-refractivity contribution in [2.45, 2.75) is 38.8 Å².